The van der Waals surface area contributed by atoms with Crippen LogP contribution in [0.15, 0.2) is 0 Å². The molecule has 1 heterocycles. The Morgan fingerprint density at radius 1 is 1.53 bits per heavy atom. The Balaban J connectivity index is 2.15. The van der Waals surface area contributed by atoms with E-state index in [1.165, 1.54) is 17.9 Å². The SMILES string of the molecule is CN(CCNC1CCSC1)C(=O)OC(C)(C)C. The van der Waals surface area contributed by atoms with Crippen LogP contribution in [0.25, 0.3) is 0 Å². The molecule has 0 radical (unpaired) electrons. The van der Waals surface area contributed by atoms with Crippen LogP contribution in [-0.2, 0) is 4.74 Å². The van der Waals surface area contributed by atoms with Crippen LogP contribution < -0.4 is 5.32 Å². The monoisotopic (exact) mass is 260 g/mol. The van der Waals surface area contributed by atoms with Crippen LogP contribution in [0.5, 0.6) is 0 Å². The molecule has 0 aliphatic carbocycles. The predicted octanol–water partition coefficient (Wildman–Crippen LogP) is 1.95. The molecular weight excluding hydrogens is 236 g/mol. The van der Waals surface area contributed by atoms with Crippen molar-refractivity contribution in [1.82, 2.24) is 10.2 Å². The van der Waals surface area contributed by atoms with Crippen LogP contribution in [0, 0.1) is 0 Å². The molecule has 1 unspecified atom stereocenters. The molecule has 1 N–H and O–H groups in total. The molecule has 4 nitrogen and oxygen atoms in total. The molecule has 17 heavy (non-hydrogen) atoms. The molecule has 0 spiro atoms. The summed E-state index contributed by atoms with van der Waals surface area (Å²) in [7, 11) is 1.78. The molecular formula is C12H24N2O2S. The van der Waals surface area contributed by atoms with Crippen LogP contribution in [0.1, 0.15) is 27.2 Å². The Labute approximate surface area is 108 Å². The van der Waals surface area contributed by atoms with E-state index in [9.17, 15) is 4.79 Å². The van der Waals surface area contributed by atoms with Crippen molar-refractivity contribution in [3.05, 3.63) is 0 Å². The van der Waals surface area contributed by atoms with Crippen LogP contribution in [0.3, 0.4) is 0 Å². The molecule has 0 aromatic rings. The fourth-order valence-electron chi connectivity index (χ4n) is 1.56. The normalized spacial score (nSPS) is 20.4. The third kappa shape index (κ3) is 6.17. The lowest BCUT2D eigenvalue weighted by Gasteiger charge is -2.25. The van der Waals surface area contributed by atoms with Crippen molar-refractivity contribution < 1.29 is 9.53 Å². The summed E-state index contributed by atoms with van der Waals surface area (Å²) in [5.41, 5.74) is -0.416. The van der Waals surface area contributed by atoms with Crippen molar-refractivity contribution in [3.63, 3.8) is 0 Å². The second-order valence-corrected chi connectivity index (χ2v) is 6.57. The number of carbonyl (C=O) groups is 1. The van der Waals surface area contributed by atoms with Crippen LogP contribution >= 0.6 is 11.8 Å². The molecule has 0 saturated carbocycles. The van der Waals surface area contributed by atoms with Gasteiger partial charge in [0.1, 0.15) is 5.60 Å². The summed E-state index contributed by atoms with van der Waals surface area (Å²) in [6, 6.07) is 0.618. The summed E-state index contributed by atoms with van der Waals surface area (Å²) < 4.78 is 5.28. The fourth-order valence-corrected chi connectivity index (χ4v) is 2.75. The Bertz CT molecular complexity index is 247. The molecule has 1 aliphatic rings. The summed E-state index contributed by atoms with van der Waals surface area (Å²) in [6.07, 6.45) is 0.987. The number of carbonyl (C=O) groups excluding carboxylic acids is 1. The van der Waals surface area contributed by atoms with E-state index < -0.39 is 5.60 Å². The number of nitrogens with zero attached hydrogens (tertiary/aromatic N) is 1. The molecule has 1 saturated heterocycles. The van der Waals surface area contributed by atoms with Crippen molar-refractivity contribution in [3.8, 4) is 0 Å². The summed E-state index contributed by atoms with van der Waals surface area (Å²) in [5.74, 6) is 2.44. The summed E-state index contributed by atoms with van der Waals surface area (Å²) in [6.45, 7) is 7.17. The number of thioether (sulfide) groups is 1. The molecule has 1 rings (SSSR count). The van der Waals surface area contributed by atoms with Gasteiger partial charge in [-0.25, -0.2) is 4.79 Å². The maximum absolute atomic E-state index is 11.7. The minimum absolute atomic E-state index is 0.250. The second-order valence-electron chi connectivity index (χ2n) is 5.42. The van der Waals surface area contributed by atoms with E-state index in [-0.39, 0.29) is 6.09 Å². The highest BCUT2D eigenvalue weighted by Gasteiger charge is 2.20. The molecule has 0 aromatic heterocycles. The van der Waals surface area contributed by atoms with Gasteiger partial charge in [-0.2, -0.15) is 11.8 Å². The van der Waals surface area contributed by atoms with E-state index in [1.54, 1.807) is 11.9 Å². The van der Waals surface area contributed by atoms with E-state index >= 15 is 0 Å². The molecule has 1 atom stereocenters. The molecule has 0 bridgehead atoms. The third-order valence-electron chi connectivity index (χ3n) is 2.52. The van der Waals surface area contributed by atoms with E-state index in [0.717, 1.165) is 6.54 Å². The van der Waals surface area contributed by atoms with E-state index in [0.29, 0.717) is 12.6 Å². The van der Waals surface area contributed by atoms with Crippen molar-refractivity contribution in [1.29, 1.82) is 0 Å². The third-order valence-corrected chi connectivity index (χ3v) is 3.68. The minimum atomic E-state index is -0.416. The number of rotatable bonds is 4. The van der Waals surface area contributed by atoms with Crippen LogP contribution in [0.2, 0.25) is 0 Å². The molecule has 1 amide bonds. The van der Waals surface area contributed by atoms with Gasteiger partial charge in [0.2, 0.25) is 0 Å². The summed E-state index contributed by atoms with van der Waals surface area (Å²) in [4.78, 5) is 13.3. The maximum atomic E-state index is 11.7. The lowest BCUT2D eigenvalue weighted by Crippen LogP contribution is -2.40. The predicted molar refractivity (Wildman–Crippen MR) is 72.6 cm³/mol. The van der Waals surface area contributed by atoms with Crippen molar-refractivity contribution in [2.75, 3.05) is 31.6 Å². The lowest BCUT2D eigenvalue weighted by atomic mass is 10.2. The van der Waals surface area contributed by atoms with E-state index in [4.69, 9.17) is 4.74 Å². The Kier molecular flexibility index (Phi) is 5.59. The average Bonchev–Trinajstić information content (AvgIpc) is 2.67. The standard InChI is InChI=1S/C12H24N2O2S/c1-12(2,3)16-11(15)14(4)7-6-13-10-5-8-17-9-10/h10,13H,5-9H2,1-4H3. The topological polar surface area (TPSA) is 41.6 Å². The van der Waals surface area contributed by atoms with Gasteiger partial charge in [-0.3, -0.25) is 0 Å². The lowest BCUT2D eigenvalue weighted by molar-refractivity contribution is 0.0299. The highest BCUT2D eigenvalue weighted by molar-refractivity contribution is 7.99. The number of hydrogen-bond acceptors (Lipinski definition) is 4. The largest absolute Gasteiger partial charge is 0.444 e. The summed E-state index contributed by atoms with van der Waals surface area (Å²) >= 11 is 1.99. The number of ether oxygens (including phenoxy) is 1. The summed E-state index contributed by atoms with van der Waals surface area (Å²) in [5, 5.41) is 3.46. The highest BCUT2D eigenvalue weighted by atomic mass is 32.2. The molecule has 1 aliphatic heterocycles. The number of amides is 1. The minimum Gasteiger partial charge on any atom is -0.444 e. The first-order valence-corrected chi connectivity index (χ1v) is 7.29. The van der Waals surface area contributed by atoms with E-state index in [2.05, 4.69) is 5.32 Å². The quantitative estimate of drug-likeness (QED) is 0.839. The highest BCUT2D eigenvalue weighted by Crippen LogP contribution is 2.16. The van der Waals surface area contributed by atoms with Crippen LogP contribution in [0.4, 0.5) is 4.79 Å². The Morgan fingerprint density at radius 2 is 2.24 bits per heavy atom. The number of likely N-dealkylation sites (N-methyl/N-ethyl adjacent to an activating group) is 1. The fraction of sp³-hybridized carbons (Fsp3) is 0.917. The molecule has 100 valence electrons. The Morgan fingerprint density at radius 3 is 2.76 bits per heavy atom. The molecule has 0 aromatic carbocycles. The second kappa shape index (κ2) is 6.50. The van der Waals surface area contributed by atoms with Gasteiger partial charge in [-0.05, 0) is 32.9 Å². The van der Waals surface area contributed by atoms with Crippen molar-refractivity contribution in [2.45, 2.75) is 38.8 Å². The van der Waals surface area contributed by atoms with Gasteiger partial charge in [0, 0.05) is 31.9 Å². The zero-order chi connectivity index (χ0) is 12.9. The number of nitrogens with one attached hydrogen (secondary N) is 1. The molecule has 1 fully saturated rings. The van der Waals surface area contributed by atoms with Gasteiger partial charge in [0.25, 0.3) is 0 Å². The van der Waals surface area contributed by atoms with Crippen molar-refractivity contribution in [2.24, 2.45) is 0 Å². The van der Waals surface area contributed by atoms with Crippen LogP contribution in [-0.4, -0.2) is 54.3 Å². The van der Waals surface area contributed by atoms with Gasteiger partial charge >= 0.3 is 6.09 Å². The first kappa shape index (κ1) is 14.6. The smallest absolute Gasteiger partial charge is 0.410 e. The van der Waals surface area contributed by atoms with Crippen molar-refractivity contribution >= 4 is 17.9 Å². The first-order chi connectivity index (χ1) is 7.88. The van der Waals surface area contributed by atoms with Gasteiger partial charge in [0.05, 0.1) is 0 Å². The molecule has 5 heteroatoms. The average molecular weight is 260 g/mol. The zero-order valence-electron chi connectivity index (χ0n) is 11.3. The number of hydrogen-bond donors (Lipinski definition) is 1. The Hall–Kier alpha value is -0.420. The van der Waals surface area contributed by atoms with Gasteiger partial charge in [-0.1, -0.05) is 0 Å². The van der Waals surface area contributed by atoms with Gasteiger partial charge in [-0.15, -0.1) is 0 Å². The zero-order valence-corrected chi connectivity index (χ0v) is 12.1. The van der Waals surface area contributed by atoms with E-state index in [1.807, 2.05) is 32.5 Å². The van der Waals surface area contributed by atoms with Gasteiger partial charge in [0.15, 0.2) is 0 Å². The first-order valence-electron chi connectivity index (χ1n) is 6.14. The maximum Gasteiger partial charge on any atom is 0.410 e. The van der Waals surface area contributed by atoms with Gasteiger partial charge < -0.3 is 15.0 Å².